The van der Waals surface area contributed by atoms with Crippen LogP contribution in [0.5, 0.6) is 0 Å². The molecule has 1 atom stereocenters. The third-order valence-electron chi connectivity index (χ3n) is 4.38. The molecule has 3 heterocycles. The van der Waals surface area contributed by atoms with Gasteiger partial charge in [0.05, 0.1) is 6.04 Å². The van der Waals surface area contributed by atoms with E-state index in [9.17, 15) is 14.4 Å². The van der Waals surface area contributed by atoms with E-state index in [4.69, 9.17) is 0 Å². The molecule has 0 unspecified atom stereocenters. The van der Waals surface area contributed by atoms with Crippen LogP contribution in [-0.4, -0.2) is 28.9 Å². The molecule has 0 aliphatic heterocycles. The second kappa shape index (κ2) is 4.94. The summed E-state index contributed by atoms with van der Waals surface area (Å²) in [6.45, 7) is 7.55. The van der Waals surface area contributed by atoms with Crippen molar-refractivity contribution in [3.8, 4) is 0 Å². The number of fused-ring (bicyclic) bond motifs is 3. The first-order chi connectivity index (χ1) is 10.8. The smallest absolute Gasteiger partial charge is 0.314 e. The van der Waals surface area contributed by atoms with Crippen molar-refractivity contribution in [2.75, 3.05) is 0 Å². The fourth-order valence-corrected chi connectivity index (χ4v) is 2.94. The molecule has 0 aliphatic carbocycles. The molecule has 0 saturated carbocycles. The monoisotopic (exact) mass is 317 g/mol. The van der Waals surface area contributed by atoms with E-state index in [0.29, 0.717) is 23.5 Å². The van der Waals surface area contributed by atoms with Crippen molar-refractivity contribution < 1.29 is 4.79 Å². The lowest BCUT2D eigenvalue weighted by Gasteiger charge is -2.12. The molecule has 3 aromatic heterocycles. The van der Waals surface area contributed by atoms with Gasteiger partial charge in [0, 0.05) is 25.5 Å². The topological polar surface area (TPSA) is 83.3 Å². The molecule has 122 valence electrons. The fraction of sp³-hybridized carbons (Fsp3) is 0.467. The second-order valence-electron chi connectivity index (χ2n) is 5.77. The SMILES string of the molecule is CCn1c(C)cn2c3c(=O)n([C@@H](C)C(C)=O)c(=O)n(C)c3nc12. The van der Waals surface area contributed by atoms with E-state index in [1.165, 1.54) is 11.5 Å². The summed E-state index contributed by atoms with van der Waals surface area (Å²) in [6.07, 6.45) is 1.82. The number of ketones is 1. The molecular formula is C15H19N5O3. The molecule has 23 heavy (non-hydrogen) atoms. The third kappa shape index (κ3) is 1.90. The predicted octanol–water partition coefficient (Wildman–Crippen LogP) is 0.628. The molecule has 0 spiro atoms. The number of aryl methyl sites for hydroxylation is 3. The van der Waals surface area contributed by atoms with Gasteiger partial charge in [-0.1, -0.05) is 0 Å². The molecule has 0 aromatic carbocycles. The largest absolute Gasteiger partial charge is 0.333 e. The Morgan fingerprint density at radius 2 is 2.00 bits per heavy atom. The number of hydrogen-bond acceptors (Lipinski definition) is 4. The highest BCUT2D eigenvalue weighted by molar-refractivity contribution is 5.80. The second-order valence-corrected chi connectivity index (χ2v) is 5.77. The Balaban J connectivity index is 2.56. The lowest BCUT2D eigenvalue weighted by molar-refractivity contribution is -0.119. The Morgan fingerprint density at radius 3 is 2.57 bits per heavy atom. The summed E-state index contributed by atoms with van der Waals surface area (Å²) in [7, 11) is 1.56. The van der Waals surface area contributed by atoms with Crippen LogP contribution in [0.3, 0.4) is 0 Å². The minimum Gasteiger partial charge on any atom is -0.314 e. The molecule has 0 saturated heterocycles. The van der Waals surface area contributed by atoms with E-state index < -0.39 is 17.3 Å². The first kappa shape index (κ1) is 15.3. The van der Waals surface area contributed by atoms with Gasteiger partial charge in [0.1, 0.15) is 0 Å². The van der Waals surface area contributed by atoms with E-state index in [1.54, 1.807) is 18.4 Å². The van der Waals surface area contributed by atoms with Crippen LogP contribution >= 0.6 is 0 Å². The van der Waals surface area contributed by atoms with Gasteiger partial charge < -0.3 is 4.57 Å². The van der Waals surface area contributed by atoms with Crippen LogP contribution in [0.2, 0.25) is 0 Å². The Kier molecular flexibility index (Phi) is 3.28. The van der Waals surface area contributed by atoms with Crippen molar-refractivity contribution in [3.05, 3.63) is 32.7 Å². The average Bonchev–Trinajstić information content (AvgIpc) is 2.99. The molecule has 0 aliphatic rings. The zero-order valence-corrected chi connectivity index (χ0v) is 13.8. The van der Waals surface area contributed by atoms with Gasteiger partial charge in [0.15, 0.2) is 16.9 Å². The van der Waals surface area contributed by atoms with Crippen LogP contribution in [0, 0.1) is 6.92 Å². The summed E-state index contributed by atoms with van der Waals surface area (Å²) in [5.41, 5.74) is 0.572. The van der Waals surface area contributed by atoms with Crippen LogP contribution in [0.15, 0.2) is 15.8 Å². The van der Waals surface area contributed by atoms with Crippen LogP contribution in [0.4, 0.5) is 0 Å². The molecule has 3 aromatic rings. The Morgan fingerprint density at radius 1 is 1.35 bits per heavy atom. The van der Waals surface area contributed by atoms with Gasteiger partial charge >= 0.3 is 5.69 Å². The molecule has 0 bridgehead atoms. The van der Waals surface area contributed by atoms with Gasteiger partial charge in [-0.15, -0.1) is 0 Å². The molecule has 8 nitrogen and oxygen atoms in total. The normalized spacial score (nSPS) is 13.1. The van der Waals surface area contributed by atoms with Crippen LogP contribution in [0.25, 0.3) is 16.9 Å². The molecule has 0 N–H and O–H groups in total. The van der Waals surface area contributed by atoms with Crippen molar-refractivity contribution in [2.45, 2.75) is 40.3 Å². The average molecular weight is 317 g/mol. The standard InChI is InChI=1S/C15H19N5O3/c1-6-18-8(2)7-19-11-12(16-14(18)19)17(5)15(23)20(13(11)22)9(3)10(4)21/h7,9H,6H2,1-5H3/t9-/m0/s1. The van der Waals surface area contributed by atoms with Gasteiger partial charge in [-0.25, -0.2) is 9.36 Å². The van der Waals surface area contributed by atoms with Crippen LogP contribution < -0.4 is 11.2 Å². The van der Waals surface area contributed by atoms with Gasteiger partial charge in [0.25, 0.3) is 5.56 Å². The van der Waals surface area contributed by atoms with Crippen LogP contribution in [-0.2, 0) is 18.4 Å². The summed E-state index contributed by atoms with van der Waals surface area (Å²) < 4.78 is 5.97. The molecule has 0 fully saturated rings. The number of imidazole rings is 2. The van der Waals surface area contributed by atoms with Gasteiger partial charge in [-0.3, -0.25) is 18.6 Å². The number of rotatable bonds is 3. The minimum atomic E-state index is -0.814. The van der Waals surface area contributed by atoms with Gasteiger partial charge in [-0.2, -0.15) is 4.98 Å². The molecule has 0 radical (unpaired) electrons. The molecule has 8 heteroatoms. The number of Topliss-reactive ketones (excluding diaryl/α,β-unsaturated/α-hetero) is 1. The predicted molar refractivity (Wildman–Crippen MR) is 86.0 cm³/mol. The lowest BCUT2D eigenvalue weighted by atomic mass is 10.2. The third-order valence-corrected chi connectivity index (χ3v) is 4.38. The first-order valence-electron chi connectivity index (χ1n) is 7.49. The van der Waals surface area contributed by atoms with Crippen LogP contribution in [0.1, 0.15) is 32.5 Å². The number of carbonyl (C=O) groups is 1. The first-order valence-corrected chi connectivity index (χ1v) is 7.49. The number of aromatic nitrogens is 5. The number of hydrogen-bond donors (Lipinski definition) is 0. The van der Waals surface area contributed by atoms with Crippen molar-refractivity contribution in [1.29, 1.82) is 0 Å². The minimum absolute atomic E-state index is 0.244. The van der Waals surface area contributed by atoms with E-state index in [-0.39, 0.29) is 5.78 Å². The molecule has 0 amide bonds. The number of carbonyl (C=O) groups excluding carboxylic acids is 1. The van der Waals surface area contributed by atoms with E-state index >= 15 is 0 Å². The highest BCUT2D eigenvalue weighted by atomic mass is 16.2. The lowest BCUT2D eigenvalue weighted by Crippen LogP contribution is -2.42. The number of nitrogens with zero attached hydrogens (tertiary/aromatic N) is 5. The highest BCUT2D eigenvalue weighted by Gasteiger charge is 2.23. The maximum Gasteiger partial charge on any atom is 0.333 e. The Hall–Kier alpha value is -2.64. The maximum atomic E-state index is 12.9. The van der Waals surface area contributed by atoms with E-state index in [1.807, 2.05) is 24.6 Å². The summed E-state index contributed by atoms with van der Waals surface area (Å²) in [6, 6.07) is -0.814. The Labute approximate surface area is 131 Å². The fourth-order valence-electron chi connectivity index (χ4n) is 2.94. The summed E-state index contributed by atoms with van der Waals surface area (Å²) in [4.78, 5) is 41.5. The van der Waals surface area contributed by atoms with Crippen molar-refractivity contribution in [3.63, 3.8) is 0 Å². The van der Waals surface area contributed by atoms with E-state index in [0.717, 1.165) is 10.3 Å². The zero-order valence-electron chi connectivity index (χ0n) is 13.8. The summed E-state index contributed by atoms with van der Waals surface area (Å²) >= 11 is 0. The zero-order chi connectivity index (χ0) is 17.0. The van der Waals surface area contributed by atoms with Crippen molar-refractivity contribution in [2.24, 2.45) is 7.05 Å². The molecule has 3 rings (SSSR count). The van der Waals surface area contributed by atoms with Crippen molar-refractivity contribution >= 4 is 22.7 Å². The maximum absolute atomic E-state index is 12.9. The van der Waals surface area contributed by atoms with E-state index in [2.05, 4.69) is 4.98 Å². The van der Waals surface area contributed by atoms with Crippen molar-refractivity contribution in [1.82, 2.24) is 23.1 Å². The quantitative estimate of drug-likeness (QED) is 0.709. The highest BCUT2D eigenvalue weighted by Crippen LogP contribution is 2.16. The van der Waals surface area contributed by atoms with Gasteiger partial charge in [0.2, 0.25) is 5.78 Å². The summed E-state index contributed by atoms with van der Waals surface area (Å²) in [5.74, 6) is 0.368. The molecular weight excluding hydrogens is 298 g/mol. The Bertz CT molecular complexity index is 1060. The summed E-state index contributed by atoms with van der Waals surface area (Å²) in [5, 5.41) is 0. The van der Waals surface area contributed by atoms with Gasteiger partial charge in [-0.05, 0) is 27.7 Å².